The van der Waals surface area contributed by atoms with Crippen LogP contribution in [0, 0.1) is 0 Å². The Morgan fingerprint density at radius 1 is 1.40 bits per heavy atom. The van der Waals surface area contributed by atoms with Crippen LogP contribution in [0.5, 0.6) is 0 Å². The van der Waals surface area contributed by atoms with E-state index < -0.39 is 0 Å². The van der Waals surface area contributed by atoms with Crippen molar-refractivity contribution in [3.63, 3.8) is 0 Å². The molecule has 0 N–H and O–H groups in total. The Bertz CT molecular complexity index is 90.7. The monoisotopic (exact) mass is 141 g/mol. The van der Waals surface area contributed by atoms with Gasteiger partial charge in [-0.1, -0.05) is 26.2 Å². The van der Waals surface area contributed by atoms with Crippen LogP contribution in [0.2, 0.25) is 0 Å². The zero-order valence-electron chi connectivity index (χ0n) is 7.27. The van der Waals surface area contributed by atoms with Crippen molar-refractivity contribution in [3.05, 3.63) is 0 Å². The van der Waals surface area contributed by atoms with Crippen LogP contribution >= 0.6 is 0 Å². The Morgan fingerprint density at radius 3 is 2.60 bits per heavy atom. The Morgan fingerprint density at radius 2 is 2.20 bits per heavy atom. The molecule has 0 radical (unpaired) electrons. The highest BCUT2D eigenvalue weighted by molar-refractivity contribution is 4.78. The van der Waals surface area contributed by atoms with E-state index >= 15 is 0 Å². The number of likely N-dealkylation sites (tertiary alicyclic amines) is 1. The highest BCUT2D eigenvalue weighted by atomic mass is 15.2. The highest BCUT2D eigenvalue weighted by Crippen LogP contribution is 2.19. The second-order valence-electron chi connectivity index (χ2n) is 3.42. The molecule has 60 valence electrons. The van der Waals surface area contributed by atoms with Gasteiger partial charge in [0.2, 0.25) is 0 Å². The first-order valence-corrected chi connectivity index (χ1v) is 4.55. The summed E-state index contributed by atoms with van der Waals surface area (Å²) in [4.78, 5) is 2.47. The van der Waals surface area contributed by atoms with Gasteiger partial charge in [0.05, 0.1) is 0 Å². The van der Waals surface area contributed by atoms with Crippen LogP contribution in [0.15, 0.2) is 0 Å². The van der Waals surface area contributed by atoms with Crippen molar-refractivity contribution in [1.29, 1.82) is 0 Å². The molecule has 1 rings (SSSR count). The quantitative estimate of drug-likeness (QED) is 0.543. The summed E-state index contributed by atoms with van der Waals surface area (Å²) in [5.41, 5.74) is 0. The molecule has 0 aromatic rings. The average Bonchev–Trinajstić information content (AvgIpc) is 1.95. The Hall–Kier alpha value is -0.0400. The van der Waals surface area contributed by atoms with Gasteiger partial charge in [-0.3, -0.25) is 0 Å². The molecule has 0 aromatic heterocycles. The van der Waals surface area contributed by atoms with Gasteiger partial charge in [-0.15, -0.1) is 0 Å². The van der Waals surface area contributed by atoms with Crippen LogP contribution < -0.4 is 0 Å². The van der Waals surface area contributed by atoms with Gasteiger partial charge in [0.1, 0.15) is 0 Å². The molecule has 1 unspecified atom stereocenters. The summed E-state index contributed by atoms with van der Waals surface area (Å²) in [5, 5.41) is 0. The van der Waals surface area contributed by atoms with Gasteiger partial charge in [0.15, 0.2) is 0 Å². The largest absolute Gasteiger partial charge is 0.303 e. The van der Waals surface area contributed by atoms with Gasteiger partial charge in [0.25, 0.3) is 0 Å². The summed E-state index contributed by atoms with van der Waals surface area (Å²) < 4.78 is 0. The molecule has 1 nitrogen and oxygen atoms in total. The molecule has 1 heterocycles. The summed E-state index contributed by atoms with van der Waals surface area (Å²) in [6.07, 6.45) is 7.09. The number of hydrogen-bond donors (Lipinski definition) is 0. The molecule has 1 aliphatic rings. The van der Waals surface area contributed by atoms with E-state index in [2.05, 4.69) is 18.9 Å². The standard InChI is InChI=1S/C9H19N/c1-3-4-5-6-9-7-8-10(9)2/h9H,3-8H2,1-2H3. The van der Waals surface area contributed by atoms with Crippen molar-refractivity contribution in [1.82, 2.24) is 4.90 Å². The van der Waals surface area contributed by atoms with E-state index in [1.807, 2.05) is 0 Å². The van der Waals surface area contributed by atoms with E-state index in [0.29, 0.717) is 0 Å². The van der Waals surface area contributed by atoms with Crippen LogP contribution in [-0.4, -0.2) is 24.5 Å². The third-order valence-corrected chi connectivity index (χ3v) is 2.58. The van der Waals surface area contributed by atoms with Crippen LogP contribution in [0.4, 0.5) is 0 Å². The Labute approximate surface area is 64.4 Å². The molecule has 1 fully saturated rings. The summed E-state index contributed by atoms with van der Waals surface area (Å²) >= 11 is 0. The average molecular weight is 141 g/mol. The van der Waals surface area contributed by atoms with Gasteiger partial charge in [-0.25, -0.2) is 0 Å². The van der Waals surface area contributed by atoms with E-state index in [-0.39, 0.29) is 0 Å². The predicted octanol–water partition coefficient (Wildman–Crippen LogP) is 2.27. The van der Waals surface area contributed by atoms with E-state index in [1.54, 1.807) is 0 Å². The highest BCUT2D eigenvalue weighted by Gasteiger charge is 2.22. The predicted molar refractivity (Wildman–Crippen MR) is 45.2 cm³/mol. The molecule has 1 saturated heterocycles. The van der Waals surface area contributed by atoms with Gasteiger partial charge in [-0.05, 0) is 26.4 Å². The second-order valence-corrected chi connectivity index (χ2v) is 3.42. The van der Waals surface area contributed by atoms with E-state index in [9.17, 15) is 0 Å². The van der Waals surface area contributed by atoms with Crippen molar-refractivity contribution in [2.75, 3.05) is 13.6 Å². The SMILES string of the molecule is CCCCCC1CCN1C. The van der Waals surface area contributed by atoms with Crippen LogP contribution in [0.1, 0.15) is 39.0 Å². The Kier molecular flexibility index (Phi) is 3.20. The smallest absolute Gasteiger partial charge is 0.0104 e. The van der Waals surface area contributed by atoms with Crippen LogP contribution in [-0.2, 0) is 0 Å². The molecule has 10 heavy (non-hydrogen) atoms. The number of hydrogen-bond acceptors (Lipinski definition) is 1. The molecular formula is C9H19N. The molecular weight excluding hydrogens is 122 g/mol. The third-order valence-electron chi connectivity index (χ3n) is 2.58. The van der Waals surface area contributed by atoms with Crippen molar-refractivity contribution in [2.24, 2.45) is 0 Å². The van der Waals surface area contributed by atoms with Gasteiger partial charge in [0, 0.05) is 6.04 Å². The lowest BCUT2D eigenvalue weighted by molar-refractivity contribution is 0.116. The Balaban J connectivity index is 1.92. The summed E-state index contributed by atoms with van der Waals surface area (Å²) in [7, 11) is 2.24. The number of unbranched alkanes of at least 4 members (excludes halogenated alkanes) is 2. The summed E-state index contributed by atoms with van der Waals surface area (Å²) in [6, 6.07) is 0.937. The van der Waals surface area contributed by atoms with Crippen molar-refractivity contribution in [3.8, 4) is 0 Å². The van der Waals surface area contributed by atoms with E-state index in [1.165, 1.54) is 38.6 Å². The first-order chi connectivity index (χ1) is 4.84. The minimum Gasteiger partial charge on any atom is -0.303 e. The molecule has 0 bridgehead atoms. The van der Waals surface area contributed by atoms with Gasteiger partial charge >= 0.3 is 0 Å². The minimum absolute atomic E-state index is 0.937. The van der Waals surface area contributed by atoms with E-state index in [0.717, 1.165) is 6.04 Å². The van der Waals surface area contributed by atoms with Crippen LogP contribution in [0.3, 0.4) is 0 Å². The van der Waals surface area contributed by atoms with E-state index in [4.69, 9.17) is 0 Å². The fourth-order valence-electron chi connectivity index (χ4n) is 1.56. The molecule has 0 aromatic carbocycles. The first kappa shape index (κ1) is 8.06. The normalized spacial score (nSPS) is 26.4. The maximum atomic E-state index is 2.47. The molecule has 0 amide bonds. The molecule has 1 aliphatic heterocycles. The lowest BCUT2D eigenvalue weighted by atomic mass is 9.98. The van der Waals surface area contributed by atoms with Crippen molar-refractivity contribution < 1.29 is 0 Å². The lowest BCUT2D eigenvalue weighted by Gasteiger charge is -2.37. The third kappa shape index (κ3) is 1.98. The van der Waals surface area contributed by atoms with Crippen molar-refractivity contribution >= 4 is 0 Å². The maximum Gasteiger partial charge on any atom is 0.0104 e. The second kappa shape index (κ2) is 3.97. The molecule has 0 spiro atoms. The maximum absolute atomic E-state index is 2.47. The summed E-state index contributed by atoms with van der Waals surface area (Å²) in [5.74, 6) is 0. The lowest BCUT2D eigenvalue weighted by Crippen LogP contribution is -2.44. The molecule has 1 atom stereocenters. The fourth-order valence-corrected chi connectivity index (χ4v) is 1.56. The van der Waals surface area contributed by atoms with Gasteiger partial charge < -0.3 is 4.90 Å². The minimum atomic E-state index is 0.937. The molecule has 1 heteroatoms. The number of rotatable bonds is 4. The fraction of sp³-hybridized carbons (Fsp3) is 1.00. The molecule has 0 aliphatic carbocycles. The molecule has 0 saturated carbocycles. The topological polar surface area (TPSA) is 3.24 Å². The first-order valence-electron chi connectivity index (χ1n) is 4.55. The summed E-state index contributed by atoms with van der Waals surface area (Å²) in [6.45, 7) is 3.60. The number of nitrogens with zero attached hydrogens (tertiary/aromatic N) is 1. The zero-order chi connectivity index (χ0) is 7.40. The van der Waals surface area contributed by atoms with Gasteiger partial charge in [-0.2, -0.15) is 0 Å². The zero-order valence-corrected chi connectivity index (χ0v) is 7.27. The van der Waals surface area contributed by atoms with Crippen LogP contribution in [0.25, 0.3) is 0 Å². The van der Waals surface area contributed by atoms with Crippen molar-refractivity contribution in [2.45, 2.75) is 45.1 Å².